The molecule has 2 N–H and O–H groups in total. The van der Waals surface area contributed by atoms with E-state index in [1.807, 2.05) is 0 Å². The van der Waals surface area contributed by atoms with Crippen LogP contribution in [0, 0.1) is 0 Å². The number of nitrogens with two attached hydrogens (primary N) is 1. The molecule has 3 rings (SSSR count). The fourth-order valence-electron chi connectivity index (χ4n) is 4.02. The highest BCUT2D eigenvalue weighted by Gasteiger charge is 2.34. The molecule has 2 aliphatic rings. The second-order valence-electron chi connectivity index (χ2n) is 6.31. The van der Waals surface area contributed by atoms with Crippen molar-refractivity contribution >= 4 is 10.0 Å². The van der Waals surface area contributed by atoms with E-state index in [1.165, 1.54) is 36.8 Å². The number of aryl methyl sites for hydroxylation is 1. The minimum Gasteiger partial charge on any atom is -0.299 e. The van der Waals surface area contributed by atoms with Gasteiger partial charge in [0.1, 0.15) is 0 Å². The molecule has 1 fully saturated rings. The Hall–Kier alpha value is -0.910. The summed E-state index contributed by atoms with van der Waals surface area (Å²) >= 11 is 0. The van der Waals surface area contributed by atoms with Crippen LogP contribution in [0.5, 0.6) is 0 Å². The van der Waals surface area contributed by atoms with Crippen molar-refractivity contribution in [3.05, 3.63) is 35.4 Å². The third-order valence-corrected chi connectivity index (χ3v) is 5.71. The fourth-order valence-corrected chi connectivity index (χ4v) is 4.51. The van der Waals surface area contributed by atoms with Crippen LogP contribution in [0.4, 0.5) is 0 Å². The summed E-state index contributed by atoms with van der Waals surface area (Å²) in [4.78, 5) is 2.34. The summed E-state index contributed by atoms with van der Waals surface area (Å²) in [5.41, 5.74) is 2.96. The standard InChI is InChI=1S/C16H24N2O2S/c17-21(19,20)12-11-18-10-4-9-16(18)15-8-3-6-13-5-1-2-7-14(13)15/h1-2,5,7,15-16H,3-4,6,8-12H2,(H2,17,19,20)/t15-,16+/m0/s1. The molecule has 0 aromatic heterocycles. The first-order valence-electron chi connectivity index (χ1n) is 7.87. The SMILES string of the molecule is NS(=O)(=O)CCN1CCC[C@@H]1[C@H]1CCCc2ccccc21. The van der Waals surface area contributed by atoms with Gasteiger partial charge in [0, 0.05) is 12.6 Å². The van der Waals surface area contributed by atoms with E-state index in [-0.39, 0.29) is 5.75 Å². The summed E-state index contributed by atoms with van der Waals surface area (Å²) in [6.45, 7) is 1.57. The van der Waals surface area contributed by atoms with Crippen molar-refractivity contribution < 1.29 is 8.42 Å². The van der Waals surface area contributed by atoms with Crippen molar-refractivity contribution in [1.29, 1.82) is 0 Å². The maximum Gasteiger partial charge on any atom is 0.210 e. The molecule has 0 spiro atoms. The highest BCUT2D eigenvalue weighted by molar-refractivity contribution is 7.89. The maximum atomic E-state index is 11.2. The molecular weight excluding hydrogens is 284 g/mol. The van der Waals surface area contributed by atoms with Gasteiger partial charge in [-0.05, 0) is 55.7 Å². The van der Waals surface area contributed by atoms with Crippen molar-refractivity contribution in [2.45, 2.75) is 44.1 Å². The lowest BCUT2D eigenvalue weighted by molar-refractivity contribution is 0.223. The Morgan fingerprint density at radius 2 is 2.00 bits per heavy atom. The van der Waals surface area contributed by atoms with E-state index in [0.717, 1.165) is 13.0 Å². The summed E-state index contributed by atoms with van der Waals surface area (Å²) in [7, 11) is -3.37. The van der Waals surface area contributed by atoms with Gasteiger partial charge < -0.3 is 0 Å². The molecule has 1 heterocycles. The van der Waals surface area contributed by atoms with Crippen LogP contribution in [0.2, 0.25) is 0 Å². The highest BCUT2D eigenvalue weighted by Crippen LogP contribution is 2.39. The van der Waals surface area contributed by atoms with Crippen LogP contribution in [0.25, 0.3) is 0 Å². The summed E-state index contributed by atoms with van der Waals surface area (Å²) in [5, 5.41) is 5.16. The Morgan fingerprint density at radius 3 is 2.81 bits per heavy atom. The summed E-state index contributed by atoms with van der Waals surface area (Å²) in [5.74, 6) is 0.621. The molecule has 116 valence electrons. The number of rotatable bonds is 4. The Labute approximate surface area is 127 Å². The summed E-state index contributed by atoms with van der Waals surface area (Å²) in [6, 6.07) is 9.23. The smallest absolute Gasteiger partial charge is 0.210 e. The first-order chi connectivity index (χ1) is 10.0. The van der Waals surface area contributed by atoms with Crippen molar-refractivity contribution in [2.75, 3.05) is 18.8 Å². The minimum absolute atomic E-state index is 0.0673. The first-order valence-corrected chi connectivity index (χ1v) is 9.58. The minimum atomic E-state index is -3.37. The quantitative estimate of drug-likeness (QED) is 0.923. The van der Waals surface area contributed by atoms with E-state index in [0.29, 0.717) is 18.5 Å². The second kappa shape index (κ2) is 6.07. The molecule has 1 aliphatic carbocycles. The van der Waals surface area contributed by atoms with Crippen molar-refractivity contribution in [3.63, 3.8) is 0 Å². The zero-order valence-corrected chi connectivity index (χ0v) is 13.2. The van der Waals surface area contributed by atoms with Crippen LogP contribution in [-0.4, -0.2) is 38.2 Å². The molecule has 0 radical (unpaired) electrons. The van der Waals surface area contributed by atoms with Crippen LogP contribution in [0.1, 0.15) is 42.7 Å². The zero-order valence-electron chi connectivity index (χ0n) is 12.4. The van der Waals surface area contributed by atoms with Crippen molar-refractivity contribution in [3.8, 4) is 0 Å². The van der Waals surface area contributed by atoms with E-state index in [4.69, 9.17) is 5.14 Å². The van der Waals surface area contributed by atoms with Gasteiger partial charge in [0.25, 0.3) is 0 Å². The van der Waals surface area contributed by atoms with Gasteiger partial charge in [0.15, 0.2) is 0 Å². The molecule has 0 saturated carbocycles. The molecule has 1 aromatic rings. The summed E-state index contributed by atoms with van der Waals surface area (Å²) < 4.78 is 22.4. The topological polar surface area (TPSA) is 63.4 Å². The highest BCUT2D eigenvalue weighted by atomic mass is 32.2. The molecule has 1 aromatic carbocycles. The largest absolute Gasteiger partial charge is 0.299 e. The molecule has 0 unspecified atom stereocenters. The van der Waals surface area contributed by atoms with Crippen LogP contribution >= 0.6 is 0 Å². The molecule has 1 aliphatic heterocycles. The third kappa shape index (κ3) is 3.47. The first kappa shape index (κ1) is 15.0. The lowest BCUT2D eigenvalue weighted by Gasteiger charge is -2.35. The number of benzene rings is 1. The van der Waals surface area contributed by atoms with Gasteiger partial charge in [0.05, 0.1) is 5.75 Å². The number of nitrogens with zero attached hydrogens (tertiary/aromatic N) is 1. The number of hydrogen-bond acceptors (Lipinski definition) is 3. The van der Waals surface area contributed by atoms with E-state index in [2.05, 4.69) is 29.2 Å². The number of sulfonamides is 1. The Bertz CT molecular complexity index is 600. The van der Waals surface area contributed by atoms with Gasteiger partial charge in [-0.15, -0.1) is 0 Å². The van der Waals surface area contributed by atoms with Crippen LogP contribution in [0.15, 0.2) is 24.3 Å². The maximum absolute atomic E-state index is 11.2. The molecule has 0 bridgehead atoms. The summed E-state index contributed by atoms with van der Waals surface area (Å²) in [6.07, 6.45) is 5.96. The zero-order chi connectivity index (χ0) is 14.9. The van der Waals surface area contributed by atoms with Gasteiger partial charge >= 0.3 is 0 Å². The lowest BCUT2D eigenvalue weighted by Crippen LogP contribution is -2.39. The van der Waals surface area contributed by atoms with Gasteiger partial charge in [-0.3, -0.25) is 4.90 Å². The second-order valence-corrected chi connectivity index (χ2v) is 8.04. The van der Waals surface area contributed by atoms with Crippen LogP contribution < -0.4 is 5.14 Å². The van der Waals surface area contributed by atoms with Crippen LogP contribution in [-0.2, 0) is 16.4 Å². The molecule has 1 saturated heterocycles. The molecule has 0 amide bonds. The number of fused-ring (bicyclic) bond motifs is 1. The Kier molecular flexibility index (Phi) is 4.33. The van der Waals surface area contributed by atoms with E-state index < -0.39 is 10.0 Å². The molecule has 4 nitrogen and oxygen atoms in total. The Balaban J connectivity index is 1.77. The third-order valence-electron chi connectivity index (χ3n) is 4.96. The molecule has 5 heteroatoms. The number of primary sulfonamides is 1. The van der Waals surface area contributed by atoms with Crippen molar-refractivity contribution in [2.24, 2.45) is 5.14 Å². The van der Waals surface area contributed by atoms with E-state index >= 15 is 0 Å². The average Bonchev–Trinajstić information content (AvgIpc) is 2.92. The van der Waals surface area contributed by atoms with Crippen LogP contribution in [0.3, 0.4) is 0 Å². The van der Waals surface area contributed by atoms with Gasteiger partial charge in [-0.25, -0.2) is 13.6 Å². The van der Waals surface area contributed by atoms with E-state index in [1.54, 1.807) is 0 Å². The van der Waals surface area contributed by atoms with Gasteiger partial charge in [0.2, 0.25) is 10.0 Å². The molecular formula is C16H24N2O2S. The number of likely N-dealkylation sites (tertiary alicyclic amines) is 1. The lowest BCUT2D eigenvalue weighted by atomic mass is 9.78. The van der Waals surface area contributed by atoms with Gasteiger partial charge in [-0.1, -0.05) is 24.3 Å². The average molecular weight is 308 g/mol. The molecule has 21 heavy (non-hydrogen) atoms. The Morgan fingerprint density at radius 1 is 1.19 bits per heavy atom. The molecule has 2 atom stereocenters. The van der Waals surface area contributed by atoms with Crippen molar-refractivity contribution in [1.82, 2.24) is 4.90 Å². The normalized spacial score (nSPS) is 26.7. The predicted octanol–water partition coefficient (Wildman–Crippen LogP) is 1.86. The van der Waals surface area contributed by atoms with Gasteiger partial charge in [-0.2, -0.15) is 0 Å². The fraction of sp³-hybridized carbons (Fsp3) is 0.625. The number of hydrogen-bond donors (Lipinski definition) is 1. The predicted molar refractivity (Wildman–Crippen MR) is 84.7 cm³/mol. The monoisotopic (exact) mass is 308 g/mol. The van der Waals surface area contributed by atoms with E-state index in [9.17, 15) is 8.42 Å².